The number of aromatic nitrogens is 2. The quantitative estimate of drug-likeness (QED) is 0.629. The van der Waals surface area contributed by atoms with Gasteiger partial charge in [0.15, 0.2) is 11.5 Å². The van der Waals surface area contributed by atoms with Crippen molar-refractivity contribution < 1.29 is 19.8 Å². The molecule has 0 aliphatic heterocycles. The zero-order valence-corrected chi connectivity index (χ0v) is 11.2. The molecular formula is C14H9ClN2O4. The molecule has 2 aromatic carbocycles. The van der Waals surface area contributed by atoms with Crippen molar-refractivity contribution in [3.05, 3.63) is 41.4 Å². The summed E-state index contributed by atoms with van der Waals surface area (Å²) in [7, 11) is 0. The van der Waals surface area contributed by atoms with Gasteiger partial charge in [-0.2, -0.15) is 4.98 Å². The van der Waals surface area contributed by atoms with E-state index in [-0.39, 0.29) is 29.0 Å². The Morgan fingerprint density at radius 1 is 0.905 bits per heavy atom. The molecule has 7 heteroatoms. The number of hydrogen-bond donors (Lipinski definition) is 3. The highest BCUT2D eigenvalue weighted by molar-refractivity contribution is 6.30. The Bertz CT molecular complexity index is 816. The van der Waals surface area contributed by atoms with Crippen LogP contribution in [0.25, 0.3) is 22.8 Å². The molecule has 21 heavy (non-hydrogen) atoms. The van der Waals surface area contributed by atoms with Crippen LogP contribution in [-0.2, 0) is 0 Å². The number of halogens is 1. The number of phenols is 3. The molecule has 0 amide bonds. The minimum Gasteiger partial charge on any atom is -0.507 e. The normalized spacial score (nSPS) is 10.7. The molecule has 0 spiro atoms. The molecule has 0 saturated carbocycles. The number of hydrogen-bond acceptors (Lipinski definition) is 6. The van der Waals surface area contributed by atoms with Crippen molar-refractivity contribution in [2.45, 2.75) is 0 Å². The third-order valence-electron chi connectivity index (χ3n) is 2.85. The van der Waals surface area contributed by atoms with Crippen molar-refractivity contribution in [3.8, 4) is 40.1 Å². The Morgan fingerprint density at radius 2 is 1.71 bits per heavy atom. The summed E-state index contributed by atoms with van der Waals surface area (Å²) in [4.78, 5) is 4.14. The smallest absolute Gasteiger partial charge is 0.261 e. The third-order valence-corrected chi connectivity index (χ3v) is 3.08. The first-order valence-electron chi connectivity index (χ1n) is 5.89. The highest BCUT2D eigenvalue weighted by Gasteiger charge is 2.15. The first-order valence-corrected chi connectivity index (χ1v) is 6.27. The van der Waals surface area contributed by atoms with Gasteiger partial charge in [-0.1, -0.05) is 16.8 Å². The van der Waals surface area contributed by atoms with E-state index in [2.05, 4.69) is 10.1 Å². The second kappa shape index (κ2) is 4.99. The SMILES string of the molecule is Oc1ccc(-c2noc(-c3ccc(Cl)cc3O)n2)cc1O. The summed E-state index contributed by atoms with van der Waals surface area (Å²) in [5.41, 5.74) is 0.815. The molecule has 3 aromatic rings. The van der Waals surface area contributed by atoms with E-state index in [1.165, 1.54) is 24.3 Å². The Labute approximate surface area is 123 Å². The van der Waals surface area contributed by atoms with Crippen molar-refractivity contribution in [2.24, 2.45) is 0 Å². The molecule has 1 heterocycles. The molecule has 3 rings (SSSR count). The third kappa shape index (κ3) is 2.48. The van der Waals surface area contributed by atoms with E-state index in [0.717, 1.165) is 0 Å². The fraction of sp³-hybridized carbons (Fsp3) is 0. The highest BCUT2D eigenvalue weighted by atomic mass is 35.5. The summed E-state index contributed by atoms with van der Waals surface area (Å²) in [5.74, 6) is -0.265. The van der Waals surface area contributed by atoms with Crippen LogP contribution in [0.4, 0.5) is 0 Å². The van der Waals surface area contributed by atoms with Gasteiger partial charge in [0.05, 0.1) is 5.56 Å². The molecule has 0 radical (unpaired) electrons. The summed E-state index contributed by atoms with van der Waals surface area (Å²) in [5, 5.41) is 32.7. The maximum atomic E-state index is 9.82. The van der Waals surface area contributed by atoms with Gasteiger partial charge in [-0.3, -0.25) is 0 Å². The van der Waals surface area contributed by atoms with Crippen molar-refractivity contribution in [2.75, 3.05) is 0 Å². The minimum atomic E-state index is -0.284. The summed E-state index contributed by atoms with van der Waals surface area (Å²) in [6, 6.07) is 8.68. The molecule has 6 nitrogen and oxygen atoms in total. The Hall–Kier alpha value is -2.73. The Morgan fingerprint density at radius 3 is 2.43 bits per heavy atom. The molecule has 0 saturated heterocycles. The zero-order chi connectivity index (χ0) is 15.0. The first kappa shape index (κ1) is 13.3. The van der Waals surface area contributed by atoms with Gasteiger partial charge in [-0.25, -0.2) is 0 Å². The van der Waals surface area contributed by atoms with Gasteiger partial charge in [0.25, 0.3) is 5.89 Å². The predicted molar refractivity (Wildman–Crippen MR) is 75.2 cm³/mol. The lowest BCUT2D eigenvalue weighted by Crippen LogP contribution is -1.82. The summed E-state index contributed by atoms with van der Waals surface area (Å²) in [6.45, 7) is 0. The predicted octanol–water partition coefficient (Wildman–Crippen LogP) is 3.17. The molecule has 0 bridgehead atoms. The van der Waals surface area contributed by atoms with E-state index < -0.39 is 0 Å². The van der Waals surface area contributed by atoms with Crippen LogP contribution >= 0.6 is 11.6 Å². The molecule has 3 N–H and O–H groups in total. The molecule has 106 valence electrons. The number of rotatable bonds is 2. The molecule has 0 atom stereocenters. The van der Waals surface area contributed by atoms with Crippen LogP contribution in [0.3, 0.4) is 0 Å². The average molecular weight is 305 g/mol. The van der Waals surface area contributed by atoms with Crippen molar-refractivity contribution >= 4 is 11.6 Å². The standard InChI is InChI=1S/C14H9ClN2O4/c15-8-2-3-9(11(19)6-8)14-16-13(17-21-14)7-1-4-10(18)12(20)5-7/h1-6,18-20H. The minimum absolute atomic E-state index is 0.0775. The van der Waals surface area contributed by atoms with Gasteiger partial charge in [0, 0.05) is 10.6 Å². The summed E-state index contributed by atoms with van der Waals surface area (Å²) in [6.07, 6.45) is 0. The van der Waals surface area contributed by atoms with Gasteiger partial charge in [0.2, 0.25) is 5.82 Å². The van der Waals surface area contributed by atoms with Gasteiger partial charge in [-0.15, -0.1) is 0 Å². The second-order valence-corrected chi connectivity index (χ2v) is 4.72. The van der Waals surface area contributed by atoms with Crippen LogP contribution in [0.15, 0.2) is 40.9 Å². The lowest BCUT2D eigenvalue weighted by Gasteiger charge is -1.99. The molecule has 0 aliphatic carbocycles. The van der Waals surface area contributed by atoms with E-state index >= 15 is 0 Å². The monoisotopic (exact) mass is 304 g/mol. The fourth-order valence-electron chi connectivity index (χ4n) is 1.80. The molecule has 0 unspecified atom stereocenters. The highest BCUT2D eigenvalue weighted by Crippen LogP contribution is 2.33. The van der Waals surface area contributed by atoms with Crippen LogP contribution in [0.5, 0.6) is 17.2 Å². The maximum absolute atomic E-state index is 9.82. The molecule has 0 aliphatic rings. The summed E-state index contributed by atoms with van der Waals surface area (Å²) >= 11 is 5.76. The van der Waals surface area contributed by atoms with Gasteiger partial charge in [-0.05, 0) is 36.4 Å². The molecule has 0 fully saturated rings. The first-order chi connectivity index (χ1) is 10.0. The van der Waals surface area contributed by atoms with E-state index in [9.17, 15) is 15.3 Å². The van der Waals surface area contributed by atoms with Crippen molar-refractivity contribution in [1.82, 2.24) is 10.1 Å². The van der Waals surface area contributed by atoms with E-state index in [0.29, 0.717) is 16.1 Å². The van der Waals surface area contributed by atoms with Crippen molar-refractivity contribution in [1.29, 1.82) is 0 Å². The van der Waals surface area contributed by atoms with Gasteiger partial charge >= 0.3 is 0 Å². The lowest BCUT2D eigenvalue weighted by molar-refractivity contribution is 0.403. The maximum Gasteiger partial charge on any atom is 0.261 e. The van der Waals surface area contributed by atoms with Crippen LogP contribution < -0.4 is 0 Å². The number of nitrogens with zero attached hydrogens (tertiary/aromatic N) is 2. The Balaban J connectivity index is 2.01. The van der Waals surface area contributed by atoms with Gasteiger partial charge < -0.3 is 19.8 Å². The van der Waals surface area contributed by atoms with Crippen LogP contribution in [0, 0.1) is 0 Å². The summed E-state index contributed by atoms with van der Waals surface area (Å²) < 4.78 is 5.09. The van der Waals surface area contributed by atoms with E-state index in [4.69, 9.17) is 16.1 Å². The number of aromatic hydroxyl groups is 3. The molecular weight excluding hydrogens is 296 g/mol. The van der Waals surface area contributed by atoms with Crippen LogP contribution in [0.2, 0.25) is 5.02 Å². The lowest BCUT2D eigenvalue weighted by atomic mass is 10.2. The number of phenolic OH excluding ortho intramolecular Hbond substituents is 3. The van der Waals surface area contributed by atoms with Crippen molar-refractivity contribution in [3.63, 3.8) is 0 Å². The van der Waals surface area contributed by atoms with E-state index in [1.807, 2.05) is 0 Å². The average Bonchev–Trinajstić information content (AvgIpc) is 2.91. The number of benzene rings is 2. The van der Waals surface area contributed by atoms with Gasteiger partial charge in [0.1, 0.15) is 5.75 Å². The van der Waals surface area contributed by atoms with E-state index in [1.54, 1.807) is 12.1 Å². The fourth-order valence-corrected chi connectivity index (χ4v) is 1.96. The van der Waals surface area contributed by atoms with Crippen LogP contribution in [0.1, 0.15) is 0 Å². The zero-order valence-electron chi connectivity index (χ0n) is 10.5. The Kier molecular flexibility index (Phi) is 3.15. The van der Waals surface area contributed by atoms with Crippen LogP contribution in [-0.4, -0.2) is 25.5 Å². The topological polar surface area (TPSA) is 99.6 Å². The molecule has 1 aromatic heterocycles. The second-order valence-electron chi connectivity index (χ2n) is 4.29. The largest absolute Gasteiger partial charge is 0.507 e.